The molecule has 0 radical (unpaired) electrons. The fraction of sp³-hybridized carbons (Fsp3) is 0.588. The summed E-state index contributed by atoms with van der Waals surface area (Å²) < 4.78 is 12.1. The molecule has 1 aromatic rings. The van der Waals surface area contributed by atoms with Crippen molar-refractivity contribution < 1.29 is 14.3 Å². The summed E-state index contributed by atoms with van der Waals surface area (Å²) in [4.78, 5) is 14.3. The Hall–Kier alpha value is -1.26. The molecule has 0 atom stereocenters. The Labute approximate surface area is 135 Å². The van der Waals surface area contributed by atoms with E-state index >= 15 is 0 Å². The Morgan fingerprint density at radius 1 is 1.27 bits per heavy atom. The minimum absolute atomic E-state index is 0.269. The molecule has 2 heterocycles. The number of halogens is 1. The zero-order valence-corrected chi connectivity index (χ0v) is 13.3. The lowest BCUT2D eigenvalue weighted by molar-refractivity contribution is -0.228. The van der Waals surface area contributed by atoms with Crippen molar-refractivity contribution in [2.75, 3.05) is 13.1 Å². The van der Waals surface area contributed by atoms with Crippen molar-refractivity contribution in [3.05, 3.63) is 28.8 Å². The number of rotatable bonds is 1. The van der Waals surface area contributed by atoms with Gasteiger partial charge in [0.1, 0.15) is 5.75 Å². The van der Waals surface area contributed by atoms with Crippen LogP contribution in [-0.4, -0.2) is 29.7 Å². The summed E-state index contributed by atoms with van der Waals surface area (Å²) in [5.74, 6) is 0.876. The molecule has 0 aromatic heterocycles. The Balaban J connectivity index is 1.42. The van der Waals surface area contributed by atoms with Crippen LogP contribution in [0.1, 0.15) is 37.7 Å². The van der Waals surface area contributed by atoms with Crippen LogP contribution in [0.15, 0.2) is 18.2 Å². The molecule has 1 spiro atoms. The van der Waals surface area contributed by atoms with Crippen LogP contribution in [0.3, 0.4) is 0 Å². The molecule has 1 saturated carbocycles. The molecular formula is C17H20ClNO3. The molecule has 0 N–H and O–H groups in total. The van der Waals surface area contributed by atoms with Gasteiger partial charge in [-0.3, -0.25) is 4.79 Å². The van der Waals surface area contributed by atoms with Gasteiger partial charge in [-0.15, -0.1) is 0 Å². The standard InChI is InChI=1S/C17H20ClNO3/c18-14-4-5-15-13(10-14)11-21-17(22-15)6-8-19(9-7-17)16(20)12-2-1-3-12/h4-5,10,12H,1-3,6-9,11H2. The zero-order chi connectivity index (χ0) is 15.2. The Bertz CT molecular complexity index is 592. The fourth-order valence-electron chi connectivity index (χ4n) is 3.43. The molecule has 4 nitrogen and oxygen atoms in total. The maximum absolute atomic E-state index is 12.3. The van der Waals surface area contributed by atoms with Crippen molar-refractivity contribution in [3.63, 3.8) is 0 Å². The normalized spacial score (nSPS) is 23.6. The number of amides is 1. The van der Waals surface area contributed by atoms with Gasteiger partial charge in [0.15, 0.2) is 0 Å². The van der Waals surface area contributed by atoms with E-state index in [4.69, 9.17) is 21.1 Å². The first-order chi connectivity index (χ1) is 10.7. The summed E-state index contributed by atoms with van der Waals surface area (Å²) >= 11 is 6.00. The van der Waals surface area contributed by atoms with Crippen LogP contribution < -0.4 is 4.74 Å². The summed E-state index contributed by atoms with van der Waals surface area (Å²) in [5.41, 5.74) is 0.992. The van der Waals surface area contributed by atoms with E-state index in [9.17, 15) is 4.79 Å². The maximum Gasteiger partial charge on any atom is 0.225 e. The Morgan fingerprint density at radius 3 is 2.73 bits per heavy atom. The van der Waals surface area contributed by atoms with Crippen molar-refractivity contribution in [3.8, 4) is 5.75 Å². The molecule has 2 aliphatic heterocycles. The van der Waals surface area contributed by atoms with Crippen molar-refractivity contribution in [2.45, 2.75) is 44.5 Å². The molecule has 22 heavy (non-hydrogen) atoms. The Morgan fingerprint density at radius 2 is 2.05 bits per heavy atom. The van der Waals surface area contributed by atoms with Gasteiger partial charge in [-0.2, -0.15) is 0 Å². The van der Waals surface area contributed by atoms with Crippen molar-refractivity contribution in [1.29, 1.82) is 0 Å². The molecule has 0 unspecified atom stereocenters. The molecule has 1 aliphatic carbocycles. The van der Waals surface area contributed by atoms with E-state index in [1.54, 1.807) is 0 Å². The second-order valence-corrected chi connectivity index (χ2v) is 6.94. The number of hydrogen-bond donors (Lipinski definition) is 0. The largest absolute Gasteiger partial charge is 0.462 e. The molecule has 2 fully saturated rings. The highest BCUT2D eigenvalue weighted by molar-refractivity contribution is 6.30. The van der Waals surface area contributed by atoms with Crippen LogP contribution in [0.25, 0.3) is 0 Å². The third-order valence-corrected chi connectivity index (χ3v) is 5.34. The minimum Gasteiger partial charge on any atom is -0.462 e. The van der Waals surface area contributed by atoms with Crippen LogP contribution in [-0.2, 0) is 16.1 Å². The summed E-state index contributed by atoms with van der Waals surface area (Å²) in [6.45, 7) is 1.96. The first-order valence-electron chi connectivity index (χ1n) is 8.05. The summed E-state index contributed by atoms with van der Waals surface area (Å²) in [5, 5.41) is 0.697. The third kappa shape index (κ3) is 2.48. The predicted molar refractivity (Wildman–Crippen MR) is 82.8 cm³/mol. The number of carbonyl (C=O) groups is 1. The highest BCUT2D eigenvalue weighted by Gasteiger charge is 2.43. The van der Waals surface area contributed by atoms with Crippen molar-refractivity contribution >= 4 is 17.5 Å². The molecule has 5 heteroatoms. The van der Waals surface area contributed by atoms with E-state index in [1.807, 2.05) is 23.1 Å². The fourth-order valence-corrected chi connectivity index (χ4v) is 3.62. The molecule has 4 rings (SSSR count). The lowest BCUT2D eigenvalue weighted by Crippen LogP contribution is -2.53. The molecule has 1 aromatic carbocycles. The van der Waals surface area contributed by atoms with E-state index < -0.39 is 5.79 Å². The number of ether oxygens (including phenoxy) is 2. The molecule has 0 bridgehead atoms. The topological polar surface area (TPSA) is 38.8 Å². The van der Waals surface area contributed by atoms with Gasteiger partial charge < -0.3 is 14.4 Å². The third-order valence-electron chi connectivity index (χ3n) is 5.10. The lowest BCUT2D eigenvalue weighted by Gasteiger charge is -2.45. The minimum atomic E-state index is -0.572. The van der Waals surface area contributed by atoms with E-state index in [0.717, 1.165) is 50.1 Å². The predicted octanol–water partition coefficient (Wildman–Crippen LogP) is 3.37. The summed E-state index contributed by atoms with van der Waals surface area (Å²) in [6.07, 6.45) is 4.77. The smallest absolute Gasteiger partial charge is 0.225 e. The number of hydrogen-bond acceptors (Lipinski definition) is 3. The first kappa shape index (κ1) is 14.3. The van der Waals surface area contributed by atoms with Gasteiger partial charge in [-0.05, 0) is 31.0 Å². The van der Waals surface area contributed by atoms with Crippen LogP contribution in [0.5, 0.6) is 5.75 Å². The van der Waals surface area contributed by atoms with Gasteiger partial charge in [0.05, 0.1) is 6.61 Å². The van der Waals surface area contributed by atoms with Crippen molar-refractivity contribution in [2.24, 2.45) is 5.92 Å². The molecular weight excluding hydrogens is 302 g/mol. The van der Waals surface area contributed by atoms with E-state index in [1.165, 1.54) is 6.42 Å². The quantitative estimate of drug-likeness (QED) is 0.796. The highest BCUT2D eigenvalue weighted by Crippen LogP contribution is 2.39. The second-order valence-electron chi connectivity index (χ2n) is 6.51. The van der Waals surface area contributed by atoms with Gasteiger partial charge in [0.2, 0.25) is 11.7 Å². The number of piperidine rings is 1. The summed E-state index contributed by atoms with van der Waals surface area (Å²) in [6, 6.07) is 5.64. The average molecular weight is 322 g/mol. The highest BCUT2D eigenvalue weighted by atomic mass is 35.5. The SMILES string of the molecule is O=C(C1CCC1)N1CCC2(CC1)OCc1cc(Cl)ccc1O2. The van der Waals surface area contributed by atoms with Crippen molar-refractivity contribution in [1.82, 2.24) is 4.90 Å². The van der Waals surface area contributed by atoms with E-state index in [-0.39, 0.29) is 5.92 Å². The second kappa shape index (κ2) is 5.43. The van der Waals surface area contributed by atoms with Gasteiger partial charge in [0, 0.05) is 42.4 Å². The molecule has 3 aliphatic rings. The number of fused-ring (bicyclic) bond motifs is 1. The molecule has 118 valence electrons. The van der Waals surface area contributed by atoms with Crippen LogP contribution in [0, 0.1) is 5.92 Å². The number of likely N-dealkylation sites (tertiary alicyclic amines) is 1. The van der Waals surface area contributed by atoms with Gasteiger partial charge >= 0.3 is 0 Å². The van der Waals surface area contributed by atoms with Crippen LogP contribution >= 0.6 is 11.6 Å². The van der Waals surface area contributed by atoms with E-state index in [0.29, 0.717) is 17.5 Å². The number of nitrogens with zero attached hydrogens (tertiary/aromatic N) is 1. The first-order valence-corrected chi connectivity index (χ1v) is 8.43. The average Bonchev–Trinajstić information content (AvgIpc) is 2.47. The lowest BCUT2D eigenvalue weighted by atomic mass is 9.84. The van der Waals surface area contributed by atoms with E-state index in [2.05, 4.69) is 0 Å². The van der Waals surface area contributed by atoms with Gasteiger partial charge in [-0.1, -0.05) is 18.0 Å². The van der Waals surface area contributed by atoms with Crippen LogP contribution in [0.2, 0.25) is 5.02 Å². The summed E-state index contributed by atoms with van der Waals surface area (Å²) in [7, 11) is 0. The maximum atomic E-state index is 12.3. The number of carbonyl (C=O) groups excluding carboxylic acids is 1. The van der Waals surface area contributed by atoms with Gasteiger partial charge in [0.25, 0.3) is 0 Å². The van der Waals surface area contributed by atoms with Gasteiger partial charge in [-0.25, -0.2) is 0 Å². The Kier molecular flexibility index (Phi) is 3.54. The monoisotopic (exact) mass is 321 g/mol. The molecule has 1 amide bonds. The van der Waals surface area contributed by atoms with Crippen LogP contribution in [0.4, 0.5) is 0 Å². The molecule has 1 saturated heterocycles. The zero-order valence-electron chi connectivity index (χ0n) is 12.5. The number of benzene rings is 1.